The molecule has 0 radical (unpaired) electrons. The van der Waals surface area contributed by atoms with E-state index >= 15 is 0 Å². The quantitative estimate of drug-likeness (QED) is 0.112. The fourth-order valence-electron chi connectivity index (χ4n) is 0. The van der Waals surface area contributed by atoms with Gasteiger partial charge in [0.15, 0.2) is 0 Å². The Morgan fingerprint density at radius 1 is 0.0800 bits per heavy atom. The van der Waals surface area contributed by atoms with Crippen molar-refractivity contribution in [2.24, 2.45) is 0 Å². The molecule has 0 heterocycles. The topological polar surface area (TPSA) is 182 Å². The average Bonchev–Trinajstić information content (AvgIpc) is 1.54. The van der Waals surface area contributed by atoms with E-state index < -0.39 is 22.0 Å². The van der Waals surface area contributed by atoms with Gasteiger partial charge in [0.2, 0.25) is 0 Å². The van der Waals surface area contributed by atoms with Gasteiger partial charge in [0.25, 0.3) is 0 Å². The minimum absolute atomic E-state index is 0. The largest absolute Gasteiger partial charge is 1.00 e. The van der Waals surface area contributed by atoms with Gasteiger partial charge in [-0.25, -0.2) is 0 Å². The van der Waals surface area contributed by atoms with Gasteiger partial charge >= 0.3 is 1210 Å². The van der Waals surface area contributed by atoms with Gasteiger partial charge in [-0.2, -0.15) is 0 Å². The second-order valence-corrected chi connectivity index (χ2v) is 1.04. The monoisotopic (exact) mass is 692 g/mol. The first-order valence-corrected chi connectivity index (χ1v) is 2.32. The maximum atomic E-state index is 7.17. The molecule has 0 atom stereocenters. The van der Waals surface area contributed by atoms with Gasteiger partial charge in [-0.1, -0.05) is 0 Å². The van der Waals surface area contributed by atoms with Crippen molar-refractivity contribution in [3.05, 3.63) is 0 Å². The van der Waals surface area contributed by atoms with Crippen LogP contribution in [0.3, 0.4) is 0 Å². The molecule has 9 nitrogen and oxygen atoms in total. The molecule has 0 amide bonds. The number of hydrogen-bond donors (Lipinski definition) is 9. The summed E-state index contributed by atoms with van der Waals surface area (Å²) in [4.78, 5) is 0. The molecule has 0 unspecified atom stereocenters. The summed E-state index contributed by atoms with van der Waals surface area (Å²) in [6.45, 7) is 0. The minimum atomic E-state index is -2.17. The molecule has 0 saturated carbocycles. The van der Waals surface area contributed by atoms with Crippen LogP contribution in [0.5, 0.6) is 0 Å². The van der Waals surface area contributed by atoms with Crippen LogP contribution in [0.15, 0.2) is 0 Å². The minimum Gasteiger partial charge on any atom is -1.00 e. The Hall–Kier alpha value is 37.5. The Bertz CT molecular complexity index is 223. The molecule has 75 heavy (non-hydrogen) atoms. The van der Waals surface area contributed by atoms with Crippen molar-refractivity contribution in [3.63, 3.8) is 0 Å². The molecule has 0 aliphatic rings. The summed E-state index contributed by atoms with van der Waals surface area (Å²) >= 11 is 0. The van der Waals surface area contributed by atoms with Crippen LogP contribution < -0.4 is 1190 Å². The molecule has 0 rings (SSSR count). The van der Waals surface area contributed by atoms with E-state index in [2.05, 4.69) is 0 Å². The normalized spacial score (nSPS) is 1.08. The van der Waals surface area contributed by atoms with E-state index in [0.29, 0.717) is 0 Å². The Morgan fingerprint density at radius 2 is 0.0800 bits per heavy atom. The van der Waals surface area contributed by atoms with Crippen molar-refractivity contribution in [1.29, 1.82) is 0 Å². The first-order valence-electron chi connectivity index (χ1n) is 2.32. The maximum absolute atomic E-state index is 7.17. The molecule has 198 valence electrons. The average molecular weight is 686 g/mol. The fourth-order valence-corrected chi connectivity index (χ4v) is 0. The molecular formula is H72B3Li63O9. The summed E-state index contributed by atoms with van der Waals surface area (Å²) in [5.41, 5.74) is 0. The Morgan fingerprint density at radius 3 is 0.0800 bits per heavy atom. The molecule has 0 aromatic rings. The van der Waals surface area contributed by atoms with E-state index in [9.17, 15) is 0 Å². The second kappa shape index (κ2) is 630. The molecule has 9 N–H and O–H groups in total. The molecule has 0 saturated heterocycles. The summed E-state index contributed by atoms with van der Waals surface area (Å²) < 4.78 is 0. The van der Waals surface area contributed by atoms with Crippen LogP contribution in [0.25, 0.3) is 0 Å². The zero-order chi connectivity index (χ0) is 10.7. The van der Waals surface area contributed by atoms with Gasteiger partial charge in [0, 0.05) is 0 Å². The predicted molar refractivity (Wildman–Crippen MR) is 107 cm³/mol. The summed E-state index contributed by atoms with van der Waals surface area (Å²) in [5.74, 6) is 0. The van der Waals surface area contributed by atoms with E-state index in [1.807, 2.05) is 0 Å². The summed E-state index contributed by atoms with van der Waals surface area (Å²) in [6, 6.07) is 0. The van der Waals surface area contributed by atoms with Crippen LogP contribution in [-0.2, 0) is 0 Å². The third-order valence-electron chi connectivity index (χ3n) is 0. The van der Waals surface area contributed by atoms with E-state index in [1.54, 1.807) is 0 Å². The number of rotatable bonds is 0. The zero-order valence-electron chi connectivity index (χ0n) is 132. The third-order valence-corrected chi connectivity index (χ3v) is 0. The molecule has 0 fully saturated rings. The van der Waals surface area contributed by atoms with Crippen molar-refractivity contribution in [1.82, 2.24) is 0 Å². The molecule has 0 aromatic carbocycles. The summed E-state index contributed by atoms with van der Waals surface area (Å²) in [5, 5.41) is 64.5. The van der Waals surface area contributed by atoms with Crippen LogP contribution in [0, 0.1) is 0 Å². The van der Waals surface area contributed by atoms with Gasteiger partial charge in [-0.05, 0) is 0 Å². The molecule has 75 heteroatoms. The van der Waals surface area contributed by atoms with Crippen molar-refractivity contribution < 1.29 is 1320 Å². The van der Waals surface area contributed by atoms with Crippen LogP contribution in [0.1, 0.15) is 89.9 Å². The maximum Gasteiger partial charge on any atom is 1.00 e. The summed E-state index contributed by atoms with van der Waals surface area (Å²) in [7, 11) is -6.50. The van der Waals surface area contributed by atoms with E-state index in [-0.39, 0.29) is 1280 Å². The molecule has 0 aliphatic heterocycles. The molecular weight excluding hydrogens is 614 g/mol. The first kappa shape index (κ1) is 647. The van der Waals surface area contributed by atoms with Crippen molar-refractivity contribution >= 4 is 22.0 Å². The van der Waals surface area contributed by atoms with Gasteiger partial charge in [-0.3, -0.25) is 0 Å². The third kappa shape index (κ3) is 951. The van der Waals surface area contributed by atoms with Crippen molar-refractivity contribution in [2.45, 2.75) is 0 Å². The van der Waals surface area contributed by atoms with E-state index in [0.717, 1.165) is 0 Å². The van der Waals surface area contributed by atoms with Gasteiger partial charge in [0.05, 0.1) is 0 Å². The van der Waals surface area contributed by atoms with Crippen molar-refractivity contribution in [3.8, 4) is 0 Å². The van der Waals surface area contributed by atoms with Gasteiger partial charge in [-0.15, -0.1) is 0 Å². The standard InChI is InChI=1S/3BH3O3.63Li.63H/c3*2-1(3)4;;;;;;;;;;;;;;;;;;;;;;;;;;;;;;;;;;;;;;;;;;;;;;;;;;;;;;;;;;;;;;;;;;;;;;;;;;;;;;;;;;;;;;;;;;;;;;;;;;;;;;;;;;;;;;;;;;;;;;;;;;;;;;/h3*2-4H;;;;;;;;;;;;;;;;;;;;;;;;;;;;;;;;;;;;;;;;;;;;;;;;;;;;;;;;;;;;;;;;;;;;;;;;;;;;;;;;;;;;;;;;;;;;;;;;;;;;;;;;;;;;;;;;;;;;;;;;;;;;;;/q;;;63*+1;63*-1. The van der Waals surface area contributed by atoms with Crippen LogP contribution in [0.4, 0.5) is 0 Å². The molecule has 0 spiro atoms. The Labute approximate surface area is 1310 Å². The smallest absolute Gasteiger partial charge is 1.00 e. The fraction of sp³-hybridized carbons (Fsp3) is 0. The van der Waals surface area contributed by atoms with Crippen molar-refractivity contribution in [2.75, 3.05) is 0 Å². The molecule has 0 aliphatic carbocycles. The van der Waals surface area contributed by atoms with Crippen LogP contribution >= 0.6 is 0 Å². The van der Waals surface area contributed by atoms with Crippen LogP contribution in [0.2, 0.25) is 0 Å². The Kier molecular flexibility index (Phi) is 5440. The summed E-state index contributed by atoms with van der Waals surface area (Å²) in [6.07, 6.45) is 0. The second-order valence-electron chi connectivity index (χ2n) is 1.04. The Balaban J connectivity index is -0.0000000000476. The van der Waals surface area contributed by atoms with Gasteiger partial charge < -0.3 is 135 Å². The predicted octanol–water partition coefficient (Wildman–Crippen LogP) is -188. The van der Waals surface area contributed by atoms with E-state index in [4.69, 9.17) is 45.2 Å². The van der Waals surface area contributed by atoms with Crippen LogP contribution in [-0.4, -0.2) is 67.2 Å². The molecule has 0 bridgehead atoms. The number of hydrogen-bond acceptors (Lipinski definition) is 9. The van der Waals surface area contributed by atoms with E-state index in [1.165, 1.54) is 0 Å². The SMILES string of the molecule is OB(O)O.OB(O)O.OB(O)O.[H-].[H-].[H-].[H-].[H-].[H-].[H-].[H-].[H-].[H-].[H-].[H-].[H-].[H-].[H-].[H-].[H-].[H-].[H-].[H-].[H-].[H-].[H-].[H-].[H-].[H-].[H-].[H-].[H-].[H-].[H-].[H-].[H-].[H-].[H-].[H-].[H-].[H-].[H-].[H-].[H-].[H-].[H-].[H-].[H-].[H-].[H-].[H-].[H-].[H-].[H-].[H-].[H-].[H-].[H-].[H-].[H-].[H-].[H-].[H-].[H-].[H-].[H-].[Li+].[Li+].[Li+].[Li+].[Li+].[Li+].[Li+].[Li+].[Li+].[Li+].[Li+].[Li+].[Li+].[Li+].[Li+].[Li+].[Li+].[Li+].[Li+].[Li+].[Li+].[Li+].[Li+].[Li+].[Li+].[Li+].[Li+].[Li+].[Li+].[Li+].[Li+].[Li+].[Li+].[Li+].[Li+].[Li+].[Li+].[Li+].[Li+].[Li+].[Li+].[Li+].[Li+].[Li+].[Li+].[Li+].[Li+].[Li+].[Li+].[Li+].[Li+].[Li+].[Li+].[Li+].[Li+].[Li+].[Li+].[Li+].[Li+].[Li+].[Li+].[Li+].[Li+]. The first-order chi connectivity index (χ1) is 5.20. The van der Waals surface area contributed by atoms with Gasteiger partial charge in [0.1, 0.15) is 0 Å². The molecule has 0 aromatic heterocycles. The zero-order valence-corrected chi connectivity index (χ0v) is 68.8.